The van der Waals surface area contributed by atoms with Crippen molar-refractivity contribution in [3.8, 4) is 11.4 Å². The molecule has 0 atom stereocenters. The number of para-hydroxylation sites is 4. The van der Waals surface area contributed by atoms with Crippen LogP contribution in [0.2, 0.25) is 0 Å². The number of rotatable bonds is 2. The Morgan fingerprint density at radius 2 is 0.583 bits per heavy atom. The first-order valence-corrected chi connectivity index (χ1v) is 26.4. The molecule has 8 heterocycles. The van der Waals surface area contributed by atoms with Crippen molar-refractivity contribution < 1.29 is 0 Å². The fraction of sp³-hybridized carbons (Fsp3) is 0. The van der Waals surface area contributed by atoms with Gasteiger partial charge in [0.25, 0.3) is 0 Å². The van der Waals surface area contributed by atoms with Gasteiger partial charge in [-0.3, -0.25) is 0 Å². The lowest BCUT2D eigenvalue weighted by Gasteiger charge is -2.09. The zero-order chi connectivity index (χ0) is 46.2. The highest BCUT2D eigenvalue weighted by molar-refractivity contribution is 7.27. The lowest BCUT2D eigenvalue weighted by atomic mass is 10.0. The Bertz CT molecular complexity index is 5200. The van der Waals surface area contributed by atoms with Crippen LogP contribution >= 0.6 is 22.7 Å². The van der Waals surface area contributed by atoms with Crippen LogP contribution in [0.4, 0.5) is 0 Å². The summed E-state index contributed by atoms with van der Waals surface area (Å²) in [4.78, 5) is 0. The Labute approximate surface area is 415 Å². The monoisotopic (exact) mass is 946 g/mol. The fourth-order valence-corrected chi connectivity index (χ4v) is 16.2. The summed E-state index contributed by atoms with van der Waals surface area (Å²) in [5, 5.41) is 20.8. The van der Waals surface area contributed by atoms with Crippen LogP contribution in [0.15, 0.2) is 206 Å². The first kappa shape index (κ1) is 37.0. The zero-order valence-electron chi connectivity index (χ0n) is 38.2. The van der Waals surface area contributed by atoms with Crippen LogP contribution in [0.3, 0.4) is 0 Å². The van der Waals surface area contributed by atoms with Gasteiger partial charge in [-0.15, -0.1) is 22.7 Å². The molecule has 11 aromatic carbocycles. The molecule has 0 aliphatic carbocycles. The topological polar surface area (TPSA) is 18.7 Å². The minimum absolute atomic E-state index is 1.17. The van der Waals surface area contributed by atoms with Gasteiger partial charge in [-0.25, -0.2) is 0 Å². The molecule has 0 unspecified atom stereocenters. The molecule has 0 N–H and O–H groups in total. The second-order valence-electron chi connectivity index (χ2n) is 19.9. The smallest absolute Gasteiger partial charge is 0.0635 e. The average molecular weight is 947 g/mol. The molecule has 8 aromatic heterocycles. The number of nitrogens with zero attached hydrogens (tertiary/aromatic N) is 4. The number of hydrogen-bond acceptors (Lipinski definition) is 2. The Balaban J connectivity index is 0.997. The van der Waals surface area contributed by atoms with Crippen molar-refractivity contribution >= 4 is 183 Å². The third-order valence-corrected chi connectivity index (χ3v) is 19.0. The van der Waals surface area contributed by atoms with Gasteiger partial charge in [0.1, 0.15) is 0 Å². The van der Waals surface area contributed by atoms with Crippen LogP contribution in [0.25, 0.3) is 172 Å². The molecule has 0 aliphatic heterocycles. The largest absolute Gasteiger partial charge is 0.309 e. The van der Waals surface area contributed by atoms with Gasteiger partial charge in [0.2, 0.25) is 0 Å². The van der Waals surface area contributed by atoms with Gasteiger partial charge in [-0.1, -0.05) is 121 Å². The molecule has 0 amide bonds. The minimum atomic E-state index is 1.17. The Kier molecular flexibility index (Phi) is 6.51. The summed E-state index contributed by atoms with van der Waals surface area (Å²) in [6, 6.07) is 78.0. The number of benzene rings is 11. The summed E-state index contributed by atoms with van der Waals surface area (Å²) in [7, 11) is 0. The SMILES string of the molecule is c1ccc2c(c1)sc1c2cc2c3cc4c(cc3n3c5cc(-n6c7ccccc7c7ccccc76)ccc5c1c23)c1cc2c3ccccc3sc2c2c3ccc(-n5c6ccccc6c6ccccc65)cc3n4c12. The van der Waals surface area contributed by atoms with E-state index < -0.39 is 0 Å². The van der Waals surface area contributed by atoms with E-state index in [1.54, 1.807) is 0 Å². The molecule has 19 rings (SSSR count). The maximum atomic E-state index is 2.62. The summed E-state index contributed by atoms with van der Waals surface area (Å²) < 4.78 is 15.5. The summed E-state index contributed by atoms with van der Waals surface area (Å²) in [5.41, 5.74) is 14.8. The van der Waals surface area contributed by atoms with E-state index in [9.17, 15) is 0 Å². The summed E-state index contributed by atoms with van der Waals surface area (Å²) in [6.07, 6.45) is 0. The molecule has 0 saturated heterocycles. The Morgan fingerprint density at radius 1 is 0.236 bits per heavy atom. The van der Waals surface area contributed by atoms with Crippen LogP contribution in [-0.4, -0.2) is 17.9 Å². The maximum absolute atomic E-state index is 2.62. The normalized spacial score (nSPS) is 13.0. The van der Waals surface area contributed by atoms with Gasteiger partial charge >= 0.3 is 0 Å². The van der Waals surface area contributed by atoms with Gasteiger partial charge in [0, 0.05) is 116 Å². The lowest BCUT2D eigenvalue weighted by molar-refractivity contribution is 1.18. The van der Waals surface area contributed by atoms with Crippen LogP contribution < -0.4 is 0 Å². The van der Waals surface area contributed by atoms with Gasteiger partial charge in [-0.2, -0.15) is 0 Å². The van der Waals surface area contributed by atoms with Crippen molar-refractivity contribution in [2.24, 2.45) is 0 Å². The highest BCUT2D eigenvalue weighted by Gasteiger charge is 2.28. The summed E-state index contributed by atoms with van der Waals surface area (Å²) >= 11 is 3.86. The molecular weight excluding hydrogens is 913 g/mol. The van der Waals surface area contributed by atoms with E-state index >= 15 is 0 Å². The molecule has 72 heavy (non-hydrogen) atoms. The molecule has 330 valence electrons. The predicted octanol–water partition coefficient (Wildman–Crippen LogP) is 18.9. The molecule has 0 spiro atoms. The van der Waals surface area contributed by atoms with E-state index in [0.29, 0.717) is 0 Å². The van der Waals surface area contributed by atoms with Gasteiger partial charge < -0.3 is 17.9 Å². The number of aromatic nitrogens is 4. The number of hydrogen-bond donors (Lipinski definition) is 0. The molecule has 0 bridgehead atoms. The van der Waals surface area contributed by atoms with Gasteiger partial charge in [0.05, 0.1) is 55.2 Å². The summed E-state index contributed by atoms with van der Waals surface area (Å²) in [6.45, 7) is 0. The van der Waals surface area contributed by atoms with E-state index in [1.165, 1.54) is 172 Å². The van der Waals surface area contributed by atoms with Gasteiger partial charge in [-0.05, 0) is 84.9 Å². The van der Waals surface area contributed by atoms with Crippen molar-refractivity contribution in [1.29, 1.82) is 0 Å². The van der Waals surface area contributed by atoms with Crippen LogP contribution in [0.1, 0.15) is 0 Å². The van der Waals surface area contributed by atoms with E-state index in [2.05, 4.69) is 224 Å². The first-order valence-electron chi connectivity index (χ1n) is 24.7. The van der Waals surface area contributed by atoms with Crippen LogP contribution in [-0.2, 0) is 0 Å². The molecule has 0 aliphatic rings. The fourth-order valence-electron chi connectivity index (χ4n) is 13.7. The van der Waals surface area contributed by atoms with E-state index in [4.69, 9.17) is 0 Å². The molecule has 0 radical (unpaired) electrons. The predicted molar refractivity (Wildman–Crippen MR) is 310 cm³/mol. The summed E-state index contributed by atoms with van der Waals surface area (Å²) in [5.74, 6) is 0. The average Bonchev–Trinajstić information content (AvgIpc) is 4.32. The van der Waals surface area contributed by atoms with Crippen molar-refractivity contribution in [3.05, 3.63) is 206 Å². The second kappa shape index (κ2) is 12.7. The Hall–Kier alpha value is -8.94. The molecule has 6 heteroatoms. The molecule has 4 nitrogen and oxygen atoms in total. The Morgan fingerprint density at radius 3 is 0.986 bits per heavy atom. The van der Waals surface area contributed by atoms with Crippen molar-refractivity contribution in [2.45, 2.75) is 0 Å². The molecular formula is C66H34N4S2. The lowest BCUT2D eigenvalue weighted by Crippen LogP contribution is -1.94. The third-order valence-electron chi connectivity index (χ3n) is 16.6. The first-order chi connectivity index (χ1) is 35.7. The number of fused-ring (bicyclic) bond motifs is 26. The van der Waals surface area contributed by atoms with E-state index in [-0.39, 0.29) is 0 Å². The third kappa shape index (κ3) is 4.27. The second-order valence-corrected chi connectivity index (χ2v) is 22.0. The van der Waals surface area contributed by atoms with Crippen molar-refractivity contribution in [1.82, 2.24) is 17.9 Å². The van der Waals surface area contributed by atoms with Gasteiger partial charge in [0.15, 0.2) is 0 Å². The standard InChI is InChI=1S/C66H34N4S2/c1-7-19-51-37(13-1)38-14-2-8-20-52(38)67(51)35-25-27-43-55(29-35)69-57-33-46-48-32-50-42-18-6-12-24-60(42)72-66(50)62-44-28-26-36(68-53-21-9-3-15-39(53)40-16-4-10-22-54(40)68)30-56(44)70(64(48)62)58(46)34-45(57)47-31-49-41-17-5-11-23-59(41)71-65(49)61(43)63(47)69/h1-34H. The van der Waals surface area contributed by atoms with Crippen LogP contribution in [0.5, 0.6) is 0 Å². The van der Waals surface area contributed by atoms with E-state index in [1.807, 2.05) is 22.7 Å². The zero-order valence-corrected chi connectivity index (χ0v) is 39.9. The maximum Gasteiger partial charge on any atom is 0.0635 e. The van der Waals surface area contributed by atoms with Crippen LogP contribution in [0, 0.1) is 0 Å². The number of thiophene rings is 2. The quantitative estimate of drug-likeness (QED) is 0.164. The van der Waals surface area contributed by atoms with Crippen molar-refractivity contribution in [3.63, 3.8) is 0 Å². The van der Waals surface area contributed by atoms with E-state index in [0.717, 1.165) is 0 Å². The minimum Gasteiger partial charge on any atom is -0.309 e. The highest BCUT2D eigenvalue weighted by Crippen LogP contribution is 2.52. The highest BCUT2D eigenvalue weighted by atomic mass is 32.1. The van der Waals surface area contributed by atoms with Crippen molar-refractivity contribution in [2.75, 3.05) is 0 Å². The molecule has 19 aromatic rings. The molecule has 0 saturated carbocycles. The molecule has 0 fully saturated rings.